The van der Waals surface area contributed by atoms with Crippen LogP contribution in [0.4, 0.5) is 14.5 Å². The lowest BCUT2D eigenvalue weighted by atomic mass is 10.2. The third-order valence-electron chi connectivity index (χ3n) is 4.51. The summed E-state index contributed by atoms with van der Waals surface area (Å²) in [5.74, 6) is -0.866. The minimum atomic E-state index is -0.339. The molecule has 0 aliphatic rings. The number of hydrogen-bond donors (Lipinski definition) is 1. The van der Waals surface area contributed by atoms with E-state index in [1.807, 2.05) is 17.7 Å². The molecule has 0 saturated heterocycles. The van der Waals surface area contributed by atoms with Gasteiger partial charge in [0.2, 0.25) is 0 Å². The van der Waals surface area contributed by atoms with Crippen molar-refractivity contribution in [2.45, 2.75) is 20.4 Å². The number of fused-ring (bicyclic) bond motifs is 1. The Morgan fingerprint density at radius 3 is 2.50 bits per heavy atom. The van der Waals surface area contributed by atoms with Gasteiger partial charge in [0.1, 0.15) is 16.5 Å². The molecule has 0 atom stereocenters. The molecular formula is C21H17F2N3OS. The topological polar surface area (TPSA) is 46.9 Å². The SMILES string of the molecule is Cc1cc(F)ccc1NC(=O)c1cc2c(C)nn(Cc3ccc(F)cc3)c2s1. The van der Waals surface area contributed by atoms with E-state index in [0.717, 1.165) is 21.5 Å². The van der Waals surface area contributed by atoms with Crippen molar-refractivity contribution >= 4 is 33.1 Å². The number of rotatable bonds is 4. The highest BCUT2D eigenvalue weighted by Gasteiger charge is 2.17. The summed E-state index contributed by atoms with van der Waals surface area (Å²) in [6.07, 6.45) is 0. The van der Waals surface area contributed by atoms with E-state index in [0.29, 0.717) is 22.7 Å². The van der Waals surface area contributed by atoms with Crippen molar-refractivity contribution in [1.29, 1.82) is 0 Å². The fraction of sp³-hybridized carbons (Fsp3) is 0.143. The Kier molecular flexibility index (Phi) is 4.68. The zero-order chi connectivity index (χ0) is 19.8. The van der Waals surface area contributed by atoms with Gasteiger partial charge in [-0.2, -0.15) is 5.10 Å². The molecule has 0 aliphatic carbocycles. The molecular weight excluding hydrogens is 380 g/mol. The van der Waals surface area contributed by atoms with Gasteiger partial charge in [0.25, 0.3) is 5.91 Å². The second kappa shape index (κ2) is 7.16. The van der Waals surface area contributed by atoms with Crippen LogP contribution in [0.5, 0.6) is 0 Å². The van der Waals surface area contributed by atoms with E-state index in [9.17, 15) is 13.6 Å². The Hall–Kier alpha value is -3.06. The monoisotopic (exact) mass is 397 g/mol. The average Bonchev–Trinajstić information content (AvgIpc) is 3.21. The smallest absolute Gasteiger partial charge is 0.265 e. The number of thiophene rings is 1. The summed E-state index contributed by atoms with van der Waals surface area (Å²) in [4.78, 5) is 14.1. The molecule has 142 valence electrons. The van der Waals surface area contributed by atoms with E-state index in [1.54, 1.807) is 25.1 Å². The summed E-state index contributed by atoms with van der Waals surface area (Å²) in [5, 5.41) is 8.28. The van der Waals surface area contributed by atoms with Gasteiger partial charge in [0.05, 0.1) is 17.1 Å². The van der Waals surface area contributed by atoms with Crippen LogP contribution in [0.1, 0.15) is 26.5 Å². The third kappa shape index (κ3) is 3.53. The first-order valence-electron chi connectivity index (χ1n) is 8.69. The Morgan fingerprint density at radius 1 is 1.07 bits per heavy atom. The maximum atomic E-state index is 13.3. The number of hydrogen-bond acceptors (Lipinski definition) is 3. The summed E-state index contributed by atoms with van der Waals surface area (Å²) >= 11 is 1.34. The number of aryl methyl sites for hydroxylation is 2. The fourth-order valence-corrected chi connectivity index (χ4v) is 4.10. The summed E-state index contributed by atoms with van der Waals surface area (Å²) in [6, 6.07) is 12.3. The molecule has 7 heteroatoms. The number of nitrogens with zero attached hydrogens (tertiary/aromatic N) is 2. The summed E-state index contributed by atoms with van der Waals surface area (Å²) in [5.41, 5.74) is 2.99. The Morgan fingerprint density at radius 2 is 1.79 bits per heavy atom. The van der Waals surface area contributed by atoms with E-state index in [1.165, 1.54) is 35.6 Å². The van der Waals surface area contributed by atoms with Crippen LogP contribution in [0.15, 0.2) is 48.5 Å². The van der Waals surface area contributed by atoms with Crippen LogP contribution in [0.2, 0.25) is 0 Å². The fourth-order valence-electron chi connectivity index (χ4n) is 3.05. The molecule has 1 amide bonds. The summed E-state index contributed by atoms with van der Waals surface area (Å²) in [7, 11) is 0. The quantitative estimate of drug-likeness (QED) is 0.508. The molecule has 0 fully saturated rings. The van der Waals surface area contributed by atoms with E-state index >= 15 is 0 Å². The first kappa shape index (κ1) is 18.3. The predicted octanol–water partition coefficient (Wildman–Crippen LogP) is 5.29. The van der Waals surface area contributed by atoms with Crippen molar-refractivity contribution in [3.05, 3.63) is 81.9 Å². The lowest BCUT2D eigenvalue weighted by Gasteiger charge is -2.07. The number of benzene rings is 2. The zero-order valence-corrected chi connectivity index (χ0v) is 16.1. The molecule has 2 aromatic heterocycles. The Bertz CT molecular complexity index is 1180. The highest BCUT2D eigenvalue weighted by atomic mass is 32.1. The van der Waals surface area contributed by atoms with Crippen LogP contribution in [0.25, 0.3) is 10.2 Å². The van der Waals surface area contributed by atoms with E-state index in [2.05, 4.69) is 10.4 Å². The molecule has 4 rings (SSSR count). The molecule has 2 heterocycles. The molecule has 2 aromatic carbocycles. The standard InChI is InChI=1S/C21H17F2N3OS/c1-12-9-16(23)7-8-18(12)24-20(27)19-10-17-13(2)25-26(21(17)28-19)11-14-3-5-15(22)6-4-14/h3-10H,11H2,1-2H3,(H,24,27). The highest BCUT2D eigenvalue weighted by Crippen LogP contribution is 2.30. The molecule has 0 bridgehead atoms. The molecule has 1 N–H and O–H groups in total. The lowest BCUT2D eigenvalue weighted by molar-refractivity contribution is 0.103. The average molecular weight is 397 g/mol. The highest BCUT2D eigenvalue weighted by molar-refractivity contribution is 7.20. The second-order valence-corrected chi connectivity index (χ2v) is 7.64. The number of carbonyl (C=O) groups is 1. The molecule has 0 aliphatic heterocycles. The number of nitrogens with one attached hydrogen (secondary N) is 1. The number of aromatic nitrogens is 2. The van der Waals surface area contributed by atoms with Crippen LogP contribution < -0.4 is 5.32 Å². The number of anilines is 1. The molecule has 4 nitrogen and oxygen atoms in total. The zero-order valence-electron chi connectivity index (χ0n) is 15.3. The van der Waals surface area contributed by atoms with E-state index in [4.69, 9.17) is 0 Å². The van der Waals surface area contributed by atoms with Gasteiger partial charge in [0, 0.05) is 11.1 Å². The molecule has 4 aromatic rings. The maximum absolute atomic E-state index is 13.3. The van der Waals surface area contributed by atoms with Gasteiger partial charge < -0.3 is 5.32 Å². The van der Waals surface area contributed by atoms with Crippen molar-refractivity contribution in [1.82, 2.24) is 9.78 Å². The second-order valence-electron chi connectivity index (χ2n) is 6.61. The third-order valence-corrected chi connectivity index (χ3v) is 5.66. The first-order chi connectivity index (χ1) is 13.4. The van der Waals surface area contributed by atoms with Crippen molar-refractivity contribution in [3.8, 4) is 0 Å². The van der Waals surface area contributed by atoms with Crippen molar-refractivity contribution in [3.63, 3.8) is 0 Å². The summed E-state index contributed by atoms with van der Waals surface area (Å²) < 4.78 is 28.2. The summed E-state index contributed by atoms with van der Waals surface area (Å²) in [6.45, 7) is 4.12. The van der Waals surface area contributed by atoms with Gasteiger partial charge >= 0.3 is 0 Å². The molecule has 28 heavy (non-hydrogen) atoms. The van der Waals surface area contributed by atoms with Gasteiger partial charge in [0.15, 0.2) is 0 Å². The van der Waals surface area contributed by atoms with Gasteiger partial charge in [-0.05, 0) is 61.4 Å². The number of halogens is 2. The molecule has 0 spiro atoms. The first-order valence-corrected chi connectivity index (χ1v) is 9.51. The van der Waals surface area contributed by atoms with Crippen LogP contribution in [-0.4, -0.2) is 15.7 Å². The molecule has 0 radical (unpaired) electrons. The van der Waals surface area contributed by atoms with Crippen LogP contribution >= 0.6 is 11.3 Å². The Balaban J connectivity index is 1.62. The minimum absolute atomic E-state index is 0.247. The van der Waals surface area contributed by atoms with Gasteiger partial charge in [-0.15, -0.1) is 11.3 Å². The minimum Gasteiger partial charge on any atom is -0.321 e. The normalized spacial score (nSPS) is 11.1. The lowest BCUT2D eigenvalue weighted by Crippen LogP contribution is -2.11. The van der Waals surface area contributed by atoms with Crippen molar-refractivity contribution in [2.24, 2.45) is 0 Å². The number of carbonyl (C=O) groups excluding carboxylic acids is 1. The van der Waals surface area contributed by atoms with Gasteiger partial charge in [-0.1, -0.05) is 12.1 Å². The van der Waals surface area contributed by atoms with Gasteiger partial charge in [-0.25, -0.2) is 8.78 Å². The van der Waals surface area contributed by atoms with E-state index < -0.39 is 0 Å². The predicted molar refractivity (Wildman–Crippen MR) is 107 cm³/mol. The van der Waals surface area contributed by atoms with Crippen LogP contribution in [-0.2, 0) is 6.54 Å². The van der Waals surface area contributed by atoms with Gasteiger partial charge in [-0.3, -0.25) is 9.48 Å². The van der Waals surface area contributed by atoms with Crippen molar-refractivity contribution < 1.29 is 13.6 Å². The van der Waals surface area contributed by atoms with Crippen molar-refractivity contribution in [2.75, 3.05) is 5.32 Å². The maximum Gasteiger partial charge on any atom is 0.265 e. The molecule has 0 unspecified atom stereocenters. The van der Waals surface area contributed by atoms with Crippen LogP contribution in [0.3, 0.4) is 0 Å². The van der Waals surface area contributed by atoms with Crippen LogP contribution in [0, 0.1) is 25.5 Å². The largest absolute Gasteiger partial charge is 0.321 e. The number of amides is 1. The van der Waals surface area contributed by atoms with E-state index in [-0.39, 0.29) is 17.5 Å². The molecule has 0 saturated carbocycles. The Labute approximate surface area is 164 Å².